The SMILES string of the molecule is O=C(N[C@H](c1cn2ncc(CN3C[C@@H](C(F)(F)F)NC3=O)cc2n1)C1CCC(F)(F)CC1)c1conc1C1CC(F)(F)C1. The van der Waals surface area contributed by atoms with E-state index < -0.39 is 86.1 Å². The van der Waals surface area contributed by atoms with Gasteiger partial charge in [-0.05, 0) is 30.4 Å². The van der Waals surface area contributed by atoms with Crippen LogP contribution in [0.15, 0.2) is 29.2 Å². The molecule has 2 N–H and O–H groups in total. The summed E-state index contributed by atoms with van der Waals surface area (Å²) in [5.41, 5.74) is 1.00. The number of nitrogens with one attached hydrogen (secondary N) is 2. The van der Waals surface area contributed by atoms with Crippen LogP contribution in [0.2, 0.25) is 0 Å². The Morgan fingerprint density at radius 1 is 1.16 bits per heavy atom. The summed E-state index contributed by atoms with van der Waals surface area (Å²) in [6, 6.07) is -2.21. The van der Waals surface area contributed by atoms with Crippen molar-refractivity contribution in [3.63, 3.8) is 0 Å². The highest BCUT2D eigenvalue weighted by Crippen LogP contribution is 2.49. The van der Waals surface area contributed by atoms with E-state index in [1.165, 1.54) is 23.0 Å². The van der Waals surface area contributed by atoms with Crippen LogP contribution in [0.1, 0.15) is 77.8 Å². The Morgan fingerprint density at radius 3 is 2.53 bits per heavy atom. The van der Waals surface area contributed by atoms with E-state index in [9.17, 15) is 40.3 Å². The maximum absolute atomic E-state index is 14.0. The monoisotopic (exact) mass is 617 g/mol. The van der Waals surface area contributed by atoms with Crippen molar-refractivity contribution in [1.82, 2.24) is 35.3 Å². The summed E-state index contributed by atoms with van der Waals surface area (Å²) in [7, 11) is 0. The van der Waals surface area contributed by atoms with Crippen LogP contribution in [0.3, 0.4) is 0 Å². The Hall–Kier alpha value is -3.92. The van der Waals surface area contributed by atoms with Gasteiger partial charge in [-0.1, -0.05) is 5.16 Å². The molecule has 4 heterocycles. The van der Waals surface area contributed by atoms with Crippen molar-refractivity contribution in [3.8, 4) is 0 Å². The first-order valence-electron chi connectivity index (χ1n) is 13.6. The van der Waals surface area contributed by atoms with Gasteiger partial charge in [-0.3, -0.25) is 4.79 Å². The fourth-order valence-corrected chi connectivity index (χ4v) is 5.91. The second kappa shape index (κ2) is 10.4. The van der Waals surface area contributed by atoms with Gasteiger partial charge in [0.25, 0.3) is 5.91 Å². The lowest BCUT2D eigenvalue weighted by atomic mass is 9.78. The van der Waals surface area contributed by atoms with Crippen LogP contribution < -0.4 is 10.6 Å². The fraction of sp³-hybridized carbons (Fsp3) is 0.577. The molecule has 0 unspecified atom stereocenters. The number of imidazole rings is 1. The lowest BCUT2D eigenvalue weighted by Crippen LogP contribution is -2.40. The highest BCUT2D eigenvalue weighted by Gasteiger charge is 2.49. The van der Waals surface area contributed by atoms with E-state index in [1.54, 1.807) is 0 Å². The zero-order chi connectivity index (χ0) is 30.7. The summed E-state index contributed by atoms with van der Waals surface area (Å²) >= 11 is 0. The van der Waals surface area contributed by atoms with Gasteiger partial charge < -0.3 is 20.1 Å². The summed E-state index contributed by atoms with van der Waals surface area (Å²) in [5, 5.41) is 12.7. The summed E-state index contributed by atoms with van der Waals surface area (Å²) in [6.45, 7) is -0.741. The average Bonchev–Trinajstić information content (AvgIpc) is 3.64. The van der Waals surface area contributed by atoms with Crippen LogP contribution in [-0.4, -0.2) is 67.2 Å². The van der Waals surface area contributed by atoms with Crippen LogP contribution in [-0.2, 0) is 6.54 Å². The Bertz CT molecular complexity index is 1520. The van der Waals surface area contributed by atoms with Crippen molar-refractivity contribution in [2.75, 3.05) is 6.54 Å². The predicted octanol–water partition coefficient (Wildman–Crippen LogP) is 4.98. The number of alkyl halides is 7. The second-order valence-corrected chi connectivity index (χ2v) is 11.5. The molecular weight excluding hydrogens is 591 g/mol. The number of halogens is 7. The third-order valence-electron chi connectivity index (χ3n) is 8.31. The Balaban J connectivity index is 1.24. The molecule has 2 atom stereocenters. The highest BCUT2D eigenvalue weighted by molar-refractivity contribution is 5.95. The maximum atomic E-state index is 14.0. The zero-order valence-electron chi connectivity index (χ0n) is 22.4. The molecule has 3 fully saturated rings. The van der Waals surface area contributed by atoms with E-state index in [4.69, 9.17) is 4.52 Å². The molecular formula is C26H26F7N7O3. The van der Waals surface area contributed by atoms with Crippen LogP contribution >= 0.6 is 0 Å². The average molecular weight is 618 g/mol. The Morgan fingerprint density at radius 2 is 1.88 bits per heavy atom. The molecule has 3 aromatic rings. The number of aromatic nitrogens is 4. The molecule has 0 aromatic carbocycles. The molecule has 1 saturated heterocycles. The highest BCUT2D eigenvalue weighted by atomic mass is 19.4. The number of urea groups is 1. The fourth-order valence-electron chi connectivity index (χ4n) is 5.91. The Kier molecular flexibility index (Phi) is 7.03. The van der Waals surface area contributed by atoms with Crippen molar-refractivity contribution in [2.24, 2.45) is 5.92 Å². The van der Waals surface area contributed by atoms with Gasteiger partial charge in [-0.15, -0.1) is 0 Å². The first-order valence-corrected chi connectivity index (χ1v) is 13.6. The molecule has 2 saturated carbocycles. The van der Waals surface area contributed by atoms with Gasteiger partial charge in [0.1, 0.15) is 17.9 Å². The van der Waals surface area contributed by atoms with Gasteiger partial charge in [0.2, 0.25) is 11.8 Å². The van der Waals surface area contributed by atoms with E-state index in [0.29, 0.717) is 5.56 Å². The number of rotatable bonds is 7. The summed E-state index contributed by atoms with van der Waals surface area (Å²) in [6.07, 6.45) is -2.28. The van der Waals surface area contributed by atoms with Crippen molar-refractivity contribution in [1.29, 1.82) is 0 Å². The van der Waals surface area contributed by atoms with Crippen LogP contribution in [0.5, 0.6) is 0 Å². The predicted molar refractivity (Wildman–Crippen MR) is 132 cm³/mol. The van der Waals surface area contributed by atoms with Crippen LogP contribution in [0.25, 0.3) is 5.65 Å². The van der Waals surface area contributed by atoms with Crippen molar-refractivity contribution in [3.05, 3.63) is 47.2 Å². The molecule has 6 rings (SSSR count). The van der Waals surface area contributed by atoms with Crippen molar-refractivity contribution >= 4 is 17.6 Å². The van der Waals surface area contributed by atoms with Gasteiger partial charge in [0, 0.05) is 38.1 Å². The normalized spacial score (nSPS) is 23.3. The van der Waals surface area contributed by atoms with Crippen LogP contribution in [0.4, 0.5) is 35.5 Å². The van der Waals surface area contributed by atoms with E-state index >= 15 is 0 Å². The first kappa shape index (κ1) is 29.2. The minimum atomic E-state index is -4.59. The molecule has 43 heavy (non-hydrogen) atoms. The molecule has 0 radical (unpaired) electrons. The lowest BCUT2D eigenvalue weighted by molar-refractivity contribution is -0.149. The van der Waals surface area contributed by atoms with Gasteiger partial charge in [-0.2, -0.15) is 18.3 Å². The van der Waals surface area contributed by atoms with Gasteiger partial charge in [0.05, 0.1) is 36.4 Å². The summed E-state index contributed by atoms with van der Waals surface area (Å²) < 4.78 is 100. The molecule has 1 aliphatic heterocycles. The van der Waals surface area contributed by atoms with E-state index in [0.717, 1.165) is 11.2 Å². The molecule has 3 aromatic heterocycles. The molecule has 10 nitrogen and oxygen atoms in total. The standard InChI is InChI=1S/C26H26F7N7O3/c27-24(28)3-1-14(2-4-24)21(37-22(41)16-12-43-38-20(16)15-6-25(29,30)7-15)17-10-40-19(35-17)5-13(8-34-40)9-39-11-18(26(31,32)33)36-23(39)42/h5,8,10,12,14-15,18,21H,1-4,6-7,9,11H2,(H,36,42)(H,37,41)/t18-,21-/m0/s1. The number of carbonyl (C=O) groups excluding carboxylic acids is 2. The second-order valence-electron chi connectivity index (χ2n) is 11.5. The molecule has 3 amide bonds. The third-order valence-corrected chi connectivity index (χ3v) is 8.31. The smallest absolute Gasteiger partial charge is 0.364 e. The summed E-state index contributed by atoms with van der Waals surface area (Å²) in [4.78, 5) is 30.9. The molecule has 17 heteroatoms. The lowest BCUT2D eigenvalue weighted by Gasteiger charge is -2.34. The third kappa shape index (κ3) is 5.98. The number of carbonyl (C=O) groups is 2. The van der Waals surface area contributed by atoms with Gasteiger partial charge >= 0.3 is 12.2 Å². The van der Waals surface area contributed by atoms with Crippen molar-refractivity contribution in [2.45, 2.75) is 81.1 Å². The van der Waals surface area contributed by atoms with Gasteiger partial charge in [0.15, 0.2) is 5.65 Å². The van der Waals surface area contributed by atoms with E-state index in [-0.39, 0.29) is 42.0 Å². The molecule has 3 aliphatic rings. The molecule has 0 bridgehead atoms. The van der Waals surface area contributed by atoms with E-state index in [1.807, 2.05) is 5.32 Å². The number of amides is 3. The maximum Gasteiger partial charge on any atom is 0.410 e. The minimum Gasteiger partial charge on any atom is -0.364 e. The van der Waals surface area contributed by atoms with Crippen LogP contribution in [0, 0.1) is 5.92 Å². The first-order chi connectivity index (χ1) is 20.2. The van der Waals surface area contributed by atoms with Gasteiger partial charge in [-0.25, -0.2) is 31.9 Å². The minimum absolute atomic E-state index is 0.0307. The number of fused-ring (bicyclic) bond motifs is 1. The largest absolute Gasteiger partial charge is 0.410 e. The number of nitrogens with zero attached hydrogens (tertiary/aromatic N) is 5. The summed E-state index contributed by atoms with van der Waals surface area (Å²) in [5.74, 6) is -7.49. The molecule has 0 spiro atoms. The van der Waals surface area contributed by atoms with E-state index in [2.05, 4.69) is 20.6 Å². The Labute approximate surface area is 239 Å². The quantitative estimate of drug-likeness (QED) is 0.361. The number of hydrogen-bond acceptors (Lipinski definition) is 6. The number of hydrogen-bond donors (Lipinski definition) is 2. The zero-order valence-corrected chi connectivity index (χ0v) is 22.4. The van der Waals surface area contributed by atoms with Crippen molar-refractivity contribution < 1.29 is 44.8 Å². The molecule has 232 valence electrons. The topological polar surface area (TPSA) is 118 Å². The molecule has 2 aliphatic carbocycles.